The summed E-state index contributed by atoms with van der Waals surface area (Å²) in [6.07, 6.45) is 4.99. The molecule has 0 bridgehead atoms. The Kier molecular flexibility index (Phi) is 4.91. The smallest absolute Gasteiger partial charge is 0.0498 e. The number of hydrogen-bond acceptors (Lipinski definition) is 2. The van der Waals surface area contributed by atoms with Gasteiger partial charge in [-0.05, 0) is 42.9 Å². The second kappa shape index (κ2) is 6.27. The summed E-state index contributed by atoms with van der Waals surface area (Å²) in [5, 5.41) is 3.71. The van der Waals surface area contributed by atoms with Gasteiger partial charge in [0.25, 0.3) is 0 Å². The highest BCUT2D eigenvalue weighted by molar-refractivity contribution is 9.10. The van der Waals surface area contributed by atoms with Gasteiger partial charge in [-0.25, -0.2) is 0 Å². The second-order valence-electron chi connectivity index (χ2n) is 6.22. The van der Waals surface area contributed by atoms with Gasteiger partial charge in [-0.15, -0.1) is 0 Å². The van der Waals surface area contributed by atoms with E-state index in [0.29, 0.717) is 6.54 Å². The van der Waals surface area contributed by atoms with Gasteiger partial charge in [-0.3, -0.25) is 0 Å². The molecule has 2 atom stereocenters. The SMILES string of the molecule is CC(C)C1CCCC(CN)(Nc2cccc(Br)c2)C1. The molecule has 106 valence electrons. The number of anilines is 1. The zero-order valence-corrected chi connectivity index (χ0v) is 13.5. The molecule has 1 fully saturated rings. The molecule has 19 heavy (non-hydrogen) atoms. The molecule has 0 aromatic heterocycles. The van der Waals surface area contributed by atoms with Crippen LogP contribution in [0.15, 0.2) is 28.7 Å². The van der Waals surface area contributed by atoms with Gasteiger partial charge in [0.15, 0.2) is 0 Å². The second-order valence-corrected chi connectivity index (χ2v) is 7.14. The Balaban J connectivity index is 2.13. The van der Waals surface area contributed by atoms with Crippen LogP contribution in [-0.4, -0.2) is 12.1 Å². The van der Waals surface area contributed by atoms with E-state index in [-0.39, 0.29) is 5.54 Å². The topological polar surface area (TPSA) is 38.0 Å². The van der Waals surface area contributed by atoms with Gasteiger partial charge >= 0.3 is 0 Å². The van der Waals surface area contributed by atoms with Gasteiger partial charge in [0.1, 0.15) is 0 Å². The molecule has 2 nitrogen and oxygen atoms in total. The molecule has 1 aliphatic rings. The zero-order chi connectivity index (χ0) is 13.9. The van der Waals surface area contributed by atoms with E-state index in [1.807, 2.05) is 0 Å². The summed E-state index contributed by atoms with van der Waals surface area (Å²) in [6.45, 7) is 5.37. The van der Waals surface area contributed by atoms with Crippen molar-refractivity contribution in [1.82, 2.24) is 0 Å². The van der Waals surface area contributed by atoms with Crippen molar-refractivity contribution in [2.45, 2.75) is 45.1 Å². The summed E-state index contributed by atoms with van der Waals surface area (Å²) < 4.78 is 1.11. The molecule has 0 spiro atoms. The third-order valence-corrected chi connectivity index (χ3v) is 4.94. The summed E-state index contributed by atoms with van der Waals surface area (Å²) in [6, 6.07) is 8.38. The Hall–Kier alpha value is -0.540. The summed E-state index contributed by atoms with van der Waals surface area (Å²) in [5.74, 6) is 1.53. The van der Waals surface area contributed by atoms with Crippen molar-refractivity contribution in [3.63, 3.8) is 0 Å². The van der Waals surface area contributed by atoms with Gasteiger partial charge in [-0.1, -0.05) is 48.7 Å². The van der Waals surface area contributed by atoms with E-state index in [1.165, 1.54) is 31.4 Å². The van der Waals surface area contributed by atoms with Crippen molar-refractivity contribution in [2.75, 3.05) is 11.9 Å². The van der Waals surface area contributed by atoms with Crippen LogP contribution in [0.2, 0.25) is 0 Å². The van der Waals surface area contributed by atoms with Crippen molar-refractivity contribution < 1.29 is 0 Å². The molecule has 2 rings (SSSR count). The minimum absolute atomic E-state index is 0.0774. The molecule has 3 N–H and O–H groups in total. The van der Waals surface area contributed by atoms with Crippen molar-refractivity contribution in [2.24, 2.45) is 17.6 Å². The van der Waals surface area contributed by atoms with Crippen LogP contribution in [0.5, 0.6) is 0 Å². The molecule has 1 saturated carbocycles. The van der Waals surface area contributed by atoms with Crippen LogP contribution in [-0.2, 0) is 0 Å². The minimum Gasteiger partial charge on any atom is -0.378 e. The van der Waals surface area contributed by atoms with Crippen molar-refractivity contribution in [3.05, 3.63) is 28.7 Å². The normalized spacial score (nSPS) is 27.5. The zero-order valence-electron chi connectivity index (χ0n) is 12.0. The van der Waals surface area contributed by atoms with Crippen molar-refractivity contribution >= 4 is 21.6 Å². The molecule has 3 heteroatoms. The third kappa shape index (κ3) is 3.73. The van der Waals surface area contributed by atoms with E-state index in [2.05, 4.69) is 59.4 Å². The lowest BCUT2D eigenvalue weighted by molar-refractivity contribution is 0.203. The highest BCUT2D eigenvalue weighted by Gasteiger charge is 2.36. The van der Waals surface area contributed by atoms with Crippen LogP contribution in [0.4, 0.5) is 5.69 Å². The molecule has 1 aromatic rings. The highest BCUT2D eigenvalue weighted by atomic mass is 79.9. The fourth-order valence-electron chi connectivity index (χ4n) is 3.20. The number of rotatable bonds is 4. The standard InChI is InChI=1S/C16H25BrN2/c1-12(2)13-5-4-8-16(10-13,11-18)19-15-7-3-6-14(17)9-15/h3,6-7,9,12-13,19H,4-5,8,10-11,18H2,1-2H3. The van der Waals surface area contributed by atoms with Crippen LogP contribution in [0.25, 0.3) is 0 Å². The Bertz CT molecular complexity index is 419. The van der Waals surface area contributed by atoms with Crippen molar-refractivity contribution in [3.8, 4) is 0 Å². The average molecular weight is 325 g/mol. The first-order valence-corrected chi connectivity index (χ1v) is 8.08. The first-order valence-electron chi connectivity index (χ1n) is 7.28. The van der Waals surface area contributed by atoms with Crippen LogP contribution in [0.1, 0.15) is 39.5 Å². The lowest BCUT2D eigenvalue weighted by atomic mass is 9.71. The van der Waals surface area contributed by atoms with Gasteiger partial charge in [0, 0.05) is 22.2 Å². The molecule has 0 amide bonds. The molecule has 0 saturated heterocycles. The molecule has 1 aromatic carbocycles. The maximum Gasteiger partial charge on any atom is 0.0498 e. The predicted molar refractivity (Wildman–Crippen MR) is 86.3 cm³/mol. The molecular weight excluding hydrogens is 300 g/mol. The molecule has 2 unspecified atom stereocenters. The van der Waals surface area contributed by atoms with Gasteiger partial charge in [0.2, 0.25) is 0 Å². The Labute approximate surface area is 125 Å². The van der Waals surface area contributed by atoms with E-state index >= 15 is 0 Å². The first-order chi connectivity index (χ1) is 9.04. The Morgan fingerprint density at radius 1 is 1.47 bits per heavy atom. The molecule has 1 aliphatic carbocycles. The largest absolute Gasteiger partial charge is 0.378 e. The minimum atomic E-state index is 0.0774. The molecule has 0 aliphatic heterocycles. The van der Waals surface area contributed by atoms with Gasteiger partial charge in [-0.2, -0.15) is 0 Å². The monoisotopic (exact) mass is 324 g/mol. The highest BCUT2D eigenvalue weighted by Crippen LogP contribution is 2.38. The van der Waals surface area contributed by atoms with E-state index in [9.17, 15) is 0 Å². The fourth-order valence-corrected chi connectivity index (χ4v) is 3.60. The van der Waals surface area contributed by atoms with Gasteiger partial charge in [0.05, 0.1) is 0 Å². The first kappa shape index (κ1) is 14.9. The maximum atomic E-state index is 6.11. The van der Waals surface area contributed by atoms with Crippen LogP contribution in [0.3, 0.4) is 0 Å². The number of hydrogen-bond donors (Lipinski definition) is 2. The van der Waals surface area contributed by atoms with Crippen LogP contribution in [0, 0.1) is 11.8 Å². The Morgan fingerprint density at radius 2 is 2.26 bits per heavy atom. The maximum absolute atomic E-state index is 6.11. The molecular formula is C16H25BrN2. The van der Waals surface area contributed by atoms with Crippen LogP contribution >= 0.6 is 15.9 Å². The number of halogens is 1. The van der Waals surface area contributed by atoms with E-state index in [1.54, 1.807) is 0 Å². The quantitative estimate of drug-likeness (QED) is 0.861. The lowest BCUT2D eigenvalue weighted by Crippen LogP contribution is -2.49. The summed E-state index contributed by atoms with van der Waals surface area (Å²) in [7, 11) is 0. The van der Waals surface area contributed by atoms with Gasteiger partial charge < -0.3 is 11.1 Å². The van der Waals surface area contributed by atoms with E-state index in [0.717, 1.165) is 16.3 Å². The third-order valence-electron chi connectivity index (χ3n) is 4.45. The number of nitrogens with one attached hydrogen (secondary N) is 1. The molecule has 0 heterocycles. The van der Waals surface area contributed by atoms with Crippen molar-refractivity contribution in [1.29, 1.82) is 0 Å². The summed E-state index contributed by atoms with van der Waals surface area (Å²) in [4.78, 5) is 0. The van der Waals surface area contributed by atoms with E-state index < -0.39 is 0 Å². The average Bonchev–Trinajstić information content (AvgIpc) is 2.39. The number of nitrogens with two attached hydrogens (primary N) is 1. The lowest BCUT2D eigenvalue weighted by Gasteiger charge is -2.43. The molecule has 0 radical (unpaired) electrons. The fraction of sp³-hybridized carbons (Fsp3) is 0.625. The predicted octanol–water partition coefficient (Wildman–Crippen LogP) is 4.40. The number of benzene rings is 1. The summed E-state index contributed by atoms with van der Waals surface area (Å²) >= 11 is 3.53. The van der Waals surface area contributed by atoms with E-state index in [4.69, 9.17) is 5.73 Å². The van der Waals surface area contributed by atoms with Crippen LogP contribution < -0.4 is 11.1 Å². The Morgan fingerprint density at radius 3 is 2.89 bits per heavy atom. The summed E-state index contributed by atoms with van der Waals surface area (Å²) in [5.41, 5.74) is 7.36.